The van der Waals surface area contributed by atoms with E-state index in [4.69, 9.17) is 0 Å². The maximum Gasteiger partial charge on any atom is 0.255 e. The first-order valence-corrected chi connectivity index (χ1v) is 7.32. The molecule has 0 radical (unpaired) electrons. The van der Waals surface area contributed by atoms with Crippen LogP contribution in [-0.2, 0) is 0 Å². The fourth-order valence-electron chi connectivity index (χ4n) is 2.60. The highest BCUT2D eigenvalue weighted by Crippen LogP contribution is 2.26. The zero-order valence-corrected chi connectivity index (χ0v) is 12.1. The Morgan fingerprint density at radius 1 is 0.955 bits per heavy atom. The van der Waals surface area contributed by atoms with Gasteiger partial charge in [0, 0.05) is 30.0 Å². The van der Waals surface area contributed by atoms with Crippen molar-refractivity contribution in [2.75, 3.05) is 23.3 Å². The molecular weight excluding hydrogens is 280 g/mol. The Kier molecular flexibility index (Phi) is 3.87. The van der Waals surface area contributed by atoms with Crippen molar-refractivity contribution in [3.63, 3.8) is 0 Å². The lowest BCUT2D eigenvalue weighted by molar-refractivity contribution is 0.102. The van der Waals surface area contributed by atoms with Crippen LogP contribution in [0.2, 0.25) is 0 Å². The van der Waals surface area contributed by atoms with Gasteiger partial charge in [-0.25, -0.2) is 0 Å². The van der Waals surface area contributed by atoms with E-state index in [-0.39, 0.29) is 17.4 Å². The first kappa shape index (κ1) is 14.3. The van der Waals surface area contributed by atoms with E-state index >= 15 is 0 Å². The first-order chi connectivity index (χ1) is 10.6. The summed E-state index contributed by atoms with van der Waals surface area (Å²) in [6, 6.07) is 11.7. The predicted octanol–water partition coefficient (Wildman–Crippen LogP) is 2.95. The minimum atomic E-state index is -0.329. The molecule has 1 saturated heterocycles. The molecule has 1 aliphatic rings. The number of phenolic OH excluding ortho intramolecular Hbond substituents is 2. The number of phenols is 2. The number of hydrogen-bond acceptors (Lipinski definition) is 4. The molecule has 22 heavy (non-hydrogen) atoms. The lowest BCUT2D eigenvalue weighted by atomic mass is 10.2. The van der Waals surface area contributed by atoms with Gasteiger partial charge in [-0.2, -0.15) is 0 Å². The van der Waals surface area contributed by atoms with Gasteiger partial charge in [-0.3, -0.25) is 4.79 Å². The summed E-state index contributed by atoms with van der Waals surface area (Å²) in [5.41, 5.74) is 2.15. The summed E-state index contributed by atoms with van der Waals surface area (Å²) in [7, 11) is 0. The van der Waals surface area contributed by atoms with E-state index in [1.165, 1.54) is 31.0 Å². The second kappa shape index (κ2) is 5.97. The molecule has 0 saturated carbocycles. The van der Waals surface area contributed by atoms with Crippen LogP contribution in [0.3, 0.4) is 0 Å². The minimum Gasteiger partial charge on any atom is -0.504 e. The Labute approximate surface area is 128 Å². The summed E-state index contributed by atoms with van der Waals surface area (Å²) in [5, 5.41) is 21.5. The number of rotatable bonds is 3. The van der Waals surface area contributed by atoms with Crippen LogP contribution in [0.15, 0.2) is 42.5 Å². The molecule has 0 unspecified atom stereocenters. The zero-order chi connectivity index (χ0) is 15.5. The highest BCUT2D eigenvalue weighted by atomic mass is 16.3. The van der Waals surface area contributed by atoms with E-state index in [0.29, 0.717) is 11.3 Å². The van der Waals surface area contributed by atoms with Crippen molar-refractivity contribution in [2.45, 2.75) is 12.8 Å². The van der Waals surface area contributed by atoms with Gasteiger partial charge in [0.05, 0.1) is 0 Å². The molecule has 0 atom stereocenters. The summed E-state index contributed by atoms with van der Waals surface area (Å²) >= 11 is 0. The van der Waals surface area contributed by atoms with Crippen molar-refractivity contribution in [1.82, 2.24) is 0 Å². The molecule has 5 heteroatoms. The smallest absolute Gasteiger partial charge is 0.255 e. The standard InChI is InChI=1S/C17H18N2O3/c20-15-8-3-12(11-16(15)21)17(22)18-13-4-6-14(7-5-13)19-9-1-2-10-19/h3-8,11,20-21H,1-2,9-10H2,(H,18,22). The van der Waals surface area contributed by atoms with Crippen LogP contribution in [-0.4, -0.2) is 29.2 Å². The van der Waals surface area contributed by atoms with Crippen LogP contribution < -0.4 is 10.2 Å². The monoisotopic (exact) mass is 298 g/mol. The molecule has 1 amide bonds. The second-order valence-electron chi connectivity index (χ2n) is 5.40. The lowest BCUT2D eigenvalue weighted by Crippen LogP contribution is -2.17. The van der Waals surface area contributed by atoms with Gasteiger partial charge in [0.2, 0.25) is 0 Å². The number of anilines is 2. The summed E-state index contributed by atoms with van der Waals surface area (Å²) < 4.78 is 0. The van der Waals surface area contributed by atoms with Crippen LogP contribution in [0.5, 0.6) is 11.5 Å². The van der Waals surface area contributed by atoms with E-state index in [2.05, 4.69) is 10.2 Å². The fourth-order valence-corrected chi connectivity index (χ4v) is 2.60. The number of carbonyl (C=O) groups excluding carboxylic acids is 1. The zero-order valence-electron chi connectivity index (χ0n) is 12.1. The quantitative estimate of drug-likeness (QED) is 0.762. The third-order valence-electron chi connectivity index (χ3n) is 3.83. The first-order valence-electron chi connectivity index (χ1n) is 7.32. The molecule has 1 heterocycles. The average Bonchev–Trinajstić information content (AvgIpc) is 3.05. The van der Waals surface area contributed by atoms with Gasteiger partial charge >= 0.3 is 0 Å². The molecule has 0 bridgehead atoms. The van der Waals surface area contributed by atoms with Gasteiger partial charge in [-0.1, -0.05) is 0 Å². The molecular formula is C17H18N2O3. The Morgan fingerprint density at radius 3 is 2.27 bits per heavy atom. The van der Waals surface area contributed by atoms with Crippen molar-refractivity contribution in [3.05, 3.63) is 48.0 Å². The van der Waals surface area contributed by atoms with Crippen molar-refractivity contribution in [2.24, 2.45) is 0 Å². The van der Waals surface area contributed by atoms with Crippen molar-refractivity contribution < 1.29 is 15.0 Å². The average molecular weight is 298 g/mol. The van der Waals surface area contributed by atoms with E-state index < -0.39 is 0 Å². The SMILES string of the molecule is O=C(Nc1ccc(N2CCCC2)cc1)c1ccc(O)c(O)c1. The molecule has 3 rings (SSSR count). The largest absolute Gasteiger partial charge is 0.504 e. The molecule has 1 fully saturated rings. The van der Waals surface area contributed by atoms with Crippen molar-refractivity contribution in [1.29, 1.82) is 0 Å². The number of carbonyl (C=O) groups is 1. The summed E-state index contributed by atoms with van der Waals surface area (Å²) in [6.45, 7) is 2.16. The second-order valence-corrected chi connectivity index (χ2v) is 5.40. The normalized spacial score (nSPS) is 14.1. The maximum atomic E-state index is 12.1. The van der Waals surface area contributed by atoms with Gasteiger partial charge in [-0.15, -0.1) is 0 Å². The number of aromatic hydroxyl groups is 2. The molecule has 0 spiro atoms. The van der Waals surface area contributed by atoms with E-state index in [0.717, 1.165) is 18.8 Å². The molecule has 3 N–H and O–H groups in total. The van der Waals surface area contributed by atoms with Crippen molar-refractivity contribution >= 4 is 17.3 Å². The van der Waals surface area contributed by atoms with Crippen LogP contribution in [0.4, 0.5) is 11.4 Å². The van der Waals surface area contributed by atoms with Gasteiger partial charge in [0.1, 0.15) is 0 Å². The van der Waals surface area contributed by atoms with Gasteiger partial charge in [0.15, 0.2) is 11.5 Å². The third-order valence-corrected chi connectivity index (χ3v) is 3.83. The molecule has 0 aliphatic carbocycles. The Balaban J connectivity index is 1.69. The van der Waals surface area contributed by atoms with Crippen LogP contribution in [0.25, 0.3) is 0 Å². The third kappa shape index (κ3) is 2.98. The maximum absolute atomic E-state index is 12.1. The number of amides is 1. The Bertz CT molecular complexity index is 677. The molecule has 1 aliphatic heterocycles. The summed E-state index contributed by atoms with van der Waals surface area (Å²) in [5.74, 6) is -0.882. The Morgan fingerprint density at radius 2 is 1.64 bits per heavy atom. The lowest BCUT2D eigenvalue weighted by Gasteiger charge is -2.17. The van der Waals surface area contributed by atoms with Crippen LogP contribution in [0, 0.1) is 0 Å². The summed E-state index contributed by atoms with van der Waals surface area (Å²) in [4.78, 5) is 14.4. The molecule has 2 aromatic carbocycles. The number of hydrogen-bond donors (Lipinski definition) is 3. The van der Waals surface area contributed by atoms with Gasteiger partial charge in [0.25, 0.3) is 5.91 Å². The molecule has 2 aromatic rings. The van der Waals surface area contributed by atoms with E-state index in [9.17, 15) is 15.0 Å². The Hall–Kier alpha value is -2.69. The predicted molar refractivity (Wildman–Crippen MR) is 85.6 cm³/mol. The molecule has 114 valence electrons. The number of nitrogens with one attached hydrogen (secondary N) is 1. The highest BCUT2D eigenvalue weighted by molar-refractivity contribution is 6.04. The number of nitrogens with zero attached hydrogens (tertiary/aromatic N) is 1. The van der Waals surface area contributed by atoms with E-state index in [1.807, 2.05) is 24.3 Å². The van der Waals surface area contributed by atoms with Crippen LogP contribution >= 0.6 is 0 Å². The topological polar surface area (TPSA) is 72.8 Å². The fraction of sp³-hybridized carbons (Fsp3) is 0.235. The van der Waals surface area contributed by atoms with Crippen molar-refractivity contribution in [3.8, 4) is 11.5 Å². The number of benzene rings is 2. The highest BCUT2D eigenvalue weighted by Gasteiger charge is 2.13. The van der Waals surface area contributed by atoms with E-state index in [1.54, 1.807) is 0 Å². The van der Waals surface area contributed by atoms with Gasteiger partial charge in [-0.05, 0) is 55.3 Å². The molecule has 5 nitrogen and oxygen atoms in total. The summed E-state index contributed by atoms with van der Waals surface area (Å²) in [6.07, 6.45) is 2.45. The molecule has 0 aromatic heterocycles. The minimum absolute atomic E-state index is 0.244. The van der Waals surface area contributed by atoms with Gasteiger partial charge < -0.3 is 20.4 Å². The van der Waals surface area contributed by atoms with Crippen LogP contribution in [0.1, 0.15) is 23.2 Å².